The maximum absolute atomic E-state index is 4.35. The lowest BCUT2D eigenvalue weighted by atomic mass is 10.0. The molecule has 4 aromatic rings. The van der Waals surface area contributed by atoms with Crippen LogP contribution < -0.4 is 10.6 Å². The monoisotopic (exact) mass is 452 g/mol. The molecule has 4 rings (SSSR count). The van der Waals surface area contributed by atoms with Crippen molar-refractivity contribution in [1.82, 2.24) is 29.9 Å². The number of benzene rings is 2. The molecule has 34 heavy (non-hydrogen) atoms. The fourth-order valence-electron chi connectivity index (χ4n) is 3.66. The van der Waals surface area contributed by atoms with E-state index in [-0.39, 0.29) is 0 Å². The van der Waals surface area contributed by atoms with E-state index in [4.69, 9.17) is 0 Å². The number of hydrogen-bond donors (Lipinski definition) is 2. The Bertz CT molecular complexity index is 1230. The predicted molar refractivity (Wildman–Crippen MR) is 136 cm³/mol. The normalized spacial score (nSPS) is 11.1. The maximum Gasteiger partial charge on any atom is 0.230 e. The van der Waals surface area contributed by atoms with Crippen LogP contribution in [0.2, 0.25) is 0 Å². The highest BCUT2D eigenvalue weighted by molar-refractivity contribution is 5.75. The van der Waals surface area contributed by atoms with Crippen molar-refractivity contribution in [2.24, 2.45) is 0 Å². The Labute approximate surface area is 199 Å². The summed E-state index contributed by atoms with van der Waals surface area (Å²) in [4.78, 5) is 25.8. The molecule has 0 atom stereocenters. The smallest absolute Gasteiger partial charge is 0.230 e. The summed E-state index contributed by atoms with van der Waals surface area (Å²) in [5, 5.41) is 6.52. The van der Waals surface area contributed by atoms with Gasteiger partial charge in [-0.05, 0) is 88.1 Å². The highest BCUT2D eigenvalue weighted by Gasteiger charge is 2.05. The van der Waals surface area contributed by atoms with E-state index in [0.717, 1.165) is 33.6 Å². The van der Waals surface area contributed by atoms with E-state index in [1.165, 1.54) is 0 Å². The molecule has 0 unspecified atom stereocenters. The van der Waals surface area contributed by atoms with Crippen molar-refractivity contribution < 1.29 is 0 Å². The third-order valence-electron chi connectivity index (χ3n) is 5.21. The van der Waals surface area contributed by atoms with Gasteiger partial charge >= 0.3 is 0 Å². The van der Waals surface area contributed by atoms with Gasteiger partial charge in [0, 0.05) is 11.4 Å². The van der Waals surface area contributed by atoms with Gasteiger partial charge in [-0.2, -0.15) is 19.9 Å². The van der Waals surface area contributed by atoms with Crippen LogP contribution in [0.4, 0.5) is 23.3 Å². The Morgan fingerprint density at radius 3 is 1.18 bits per heavy atom. The molecule has 172 valence electrons. The van der Waals surface area contributed by atoms with Crippen LogP contribution >= 0.6 is 0 Å². The quantitative estimate of drug-likeness (QED) is 0.366. The van der Waals surface area contributed by atoms with Crippen LogP contribution in [0.5, 0.6) is 0 Å². The van der Waals surface area contributed by atoms with Crippen molar-refractivity contribution in [2.75, 3.05) is 10.6 Å². The Balaban J connectivity index is 1.47. The summed E-state index contributed by atoms with van der Waals surface area (Å²) >= 11 is 0. The molecule has 8 heteroatoms. The highest BCUT2D eigenvalue weighted by Crippen LogP contribution is 2.23. The fraction of sp³-hybridized carbons (Fsp3) is 0.231. The zero-order valence-corrected chi connectivity index (χ0v) is 20.3. The van der Waals surface area contributed by atoms with Crippen LogP contribution in [0.1, 0.15) is 45.6 Å². The topological polar surface area (TPSA) is 101 Å². The second-order valence-corrected chi connectivity index (χ2v) is 8.23. The van der Waals surface area contributed by atoms with E-state index < -0.39 is 0 Å². The predicted octanol–water partition coefficient (Wildman–Crippen LogP) is 5.56. The van der Waals surface area contributed by atoms with E-state index in [9.17, 15) is 0 Å². The van der Waals surface area contributed by atoms with Crippen LogP contribution in [-0.2, 0) is 0 Å². The minimum Gasteiger partial charge on any atom is -0.324 e. The fourth-order valence-corrected chi connectivity index (χ4v) is 3.66. The van der Waals surface area contributed by atoms with Gasteiger partial charge in [0.05, 0.1) is 0 Å². The zero-order chi connectivity index (χ0) is 24.2. The van der Waals surface area contributed by atoms with Crippen LogP contribution in [0.3, 0.4) is 0 Å². The van der Waals surface area contributed by atoms with Gasteiger partial charge in [0.2, 0.25) is 11.9 Å². The first kappa shape index (κ1) is 23.0. The second-order valence-electron chi connectivity index (χ2n) is 8.23. The number of hydrogen-bond acceptors (Lipinski definition) is 8. The van der Waals surface area contributed by atoms with Crippen LogP contribution in [0, 0.1) is 41.5 Å². The molecule has 0 saturated carbocycles. The van der Waals surface area contributed by atoms with Crippen molar-refractivity contribution in [1.29, 1.82) is 0 Å². The lowest BCUT2D eigenvalue weighted by molar-refractivity contribution is 0.927. The second kappa shape index (κ2) is 9.74. The summed E-state index contributed by atoms with van der Waals surface area (Å²) < 4.78 is 0. The number of aryl methyl sites for hydroxylation is 6. The van der Waals surface area contributed by atoms with E-state index in [1.54, 1.807) is 0 Å². The van der Waals surface area contributed by atoms with Crippen molar-refractivity contribution in [2.45, 2.75) is 41.5 Å². The van der Waals surface area contributed by atoms with Gasteiger partial charge in [0.25, 0.3) is 0 Å². The van der Waals surface area contributed by atoms with Crippen molar-refractivity contribution in [3.63, 3.8) is 0 Å². The number of nitrogens with one attached hydrogen (secondary N) is 2. The Kier molecular flexibility index (Phi) is 6.58. The SMILES string of the molecule is Cc1nc(C)nc(Nc2ccc(C=Cc3ccc(Nc4nc(C)nc(C)n4)cc3C)c(C)c2)n1. The molecule has 2 aromatic heterocycles. The third-order valence-corrected chi connectivity index (χ3v) is 5.21. The molecule has 0 fully saturated rings. The van der Waals surface area contributed by atoms with Gasteiger partial charge in [0.1, 0.15) is 23.3 Å². The molecular weight excluding hydrogens is 424 g/mol. The number of aromatic nitrogens is 6. The van der Waals surface area contributed by atoms with Gasteiger partial charge in [-0.25, -0.2) is 9.97 Å². The molecule has 0 bridgehead atoms. The minimum atomic E-state index is 0.555. The van der Waals surface area contributed by atoms with E-state index >= 15 is 0 Å². The Morgan fingerprint density at radius 2 is 0.853 bits per heavy atom. The molecule has 0 aliphatic heterocycles. The number of anilines is 4. The summed E-state index contributed by atoms with van der Waals surface area (Å²) in [5.74, 6) is 3.89. The third kappa shape index (κ3) is 5.78. The van der Waals surface area contributed by atoms with E-state index in [0.29, 0.717) is 35.2 Å². The van der Waals surface area contributed by atoms with Gasteiger partial charge in [0.15, 0.2) is 0 Å². The van der Waals surface area contributed by atoms with Crippen molar-refractivity contribution >= 4 is 35.4 Å². The molecule has 0 radical (unpaired) electrons. The molecular formula is C26H28N8. The van der Waals surface area contributed by atoms with Gasteiger partial charge in [-0.15, -0.1) is 0 Å². The van der Waals surface area contributed by atoms with E-state index in [2.05, 4.69) is 90.8 Å². The highest BCUT2D eigenvalue weighted by atomic mass is 15.2. The first-order valence-corrected chi connectivity index (χ1v) is 11.1. The minimum absolute atomic E-state index is 0.555. The summed E-state index contributed by atoms with van der Waals surface area (Å²) in [6, 6.07) is 12.4. The lowest BCUT2D eigenvalue weighted by Crippen LogP contribution is -2.03. The van der Waals surface area contributed by atoms with E-state index in [1.807, 2.05) is 39.8 Å². The molecule has 2 aromatic carbocycles. The van der Waals surface area contributed by atoms with Crippen LogP contribution in [0.25, 0.3) is 12.2 Å². The van der Waals surface area contributed by atoms with Gasteiger partial charge in [-0.3, -0.25) is 0 Å². The van der Waals surface area contributed by atoms with Gasteiger partial charge < -0.3 is 10.6 Å². The first-order chi connectivity index (χ1) is 16.2. The molecule has 0 amide bonds. The molecule has 2 N–H and O–H groups in total. The molecule has 0 saturated heterocycles. The summed E-state index contributed by atoms with van der Waals surface area (Å²) in [5.41, 5.74) is 6.48. The summed E-state index contributed by atoms with van der Waals surface area (Å²) in [6.45, 7) is 11.6. The van der Waals surface area contributed by atoms with Crippen molar-refractivity contribution in [3.05, 3.63) is 81.9 Å². The maximum atomic E-state index is 4.35. The number of rotatable bonds is 6. The van der Waals surface area contributed by atoms with Gasteiger partial charge in [-0.1, -0.05) is 24.3 Å². The summed E-state index contributed by atoms with van der Waals surface area (Å²) in [7, 11) is 0. The summed E-state index contributed by atoms with van der Waals surface area (Å²) in [6.07, 6.45) is 4.26. The standard InChI is InChI=1S/C26H28N8/c1-15-13-23(33-25-29-17(3)27-18(4)30-25)11-9-21(15)7-8-22-10-12-24(14-16(22)2)34-26-31-19(5)28-20(6)32-26/h7-14H,1-6H3,(H,27,29,30,33)(H,28,31,32,34). The molecule has 0 aliphatic carbocycles. The van der Waals surface area contributed by atoms with Crippen LogP contribution in [0.15, 0.2) is 36.4 Å². The van der Waals surface area contributed by atoms with Crippen LogP contribution in [-0.4, -0.2) is 29.9 Å². The Hall–Kier alpha value is -4.20. The average Bonchev–Trinajstić information content (AvgIpc) is 2.73. The largest absolute Gasteiger partial charge is 0.324 e. The molecule has 8 nitrogen and oxygen atoms in total. The lowest BCUT2D eigenvalue weighted by Gasteiger charge is -2.10. The zero-order valence-electron chi connectivity index (χ0n) is 20.3. The molecule has 0 spiro atoms. The van der Waals surface area contributed by atoms with Crippen molar-refractivity contribution in [3.8, 4) is 0 Å². The average molecular weight is 453 g/mol. The Morgan fingerprint density at radius 1 is 0.500 bits per heavy atom. The first-order valence-electron chi connectivity index (χ1n) is 11.1. The molecule has 2 heterocycles. The number of nitrogens with zero attached hydrogens (tertiary/aromatic N) is 6. The molecule has 0 aliphatic rings.